The third kappa shape index (κ3) is 2.29. The molecule has 0 saturated heterocycles. The first-order chi connectivity index (χ1) is 9.12. The van der Waals surface area contributed by atoms with E-state index in [1.165, 1.54) is 0 Å². The molecule has 0 spiro atoms. The summed E-state index contributed by atoms with van der Waals surface area (Å²) >= 11 is 0. The van der Waals surface area contributed by atoms with E-state index in [0.717, 1.165) is 28.1 Å². The van der Waals surface area contributed by atoms with Gasteiger partial charge in [0.1, 0.15) is 0 Å². The Morgan fingerprint density at radius 1 is 1.21 bits per heavy atom. The number of benzene rings is 1. The molecule has 0 aliphatic rings. The molecule has 0 bridgehead atoms. The van der Waals surface area contributed by atoms with Crippen molar-refractivity contribution in [2.45, 2.75) is 20.4 Å². The number of nitrogens with two attached hydrogens (primary N) is 1. The molecule has 1 aromatic heterocycles. The van der Waals surface area contributed by atoms with Gasteiger partial charge < -0.3 is 15.2 Å². The van der Waals surface area contributed by atoms with Gasteiger partial charge in [-0.1, -0.05) is 0 Å². The first-order valence-corrected chi connectivity index (χ1v) is 6.09. The summed E-state index contributed by atoms with van der Waals surface area (Å²) in [4.78, 5) is 0. The van der Waals surface area contributed by atoms with Crippen LogP contribution in [0.2, 0.25) is 0 Å². The lowest BCUT2D eigenvalue weighted by Gasteiger charge is -2.14. The Morgan fingerprint density at radius 2 is 1.95 bits per heavy atom. The van der Waals surface area contributed by atoms with Gasteiger partial charge in [-0.15, -0.1) is 0 Å². The van der Waals surface area contributed by atoms with Crippen molar-refractivity contribution in [2.24, 2.45) is 5.73 Å². The van der Waals surface area contributed by atoms with E-state index in [2.05, 4.69) is 10.2 Å². The molecule has 3 N–H and O–H groups in total. The summed E-state index contributed by atoms with van der Waals surface area (Å²) in [6.07, 6.45) is 0. The van der Waals surface area contributed by atoms with Crippen LogP contribution in [0.4, 0.5) is 0 Å². The van der Waals surface area contributed by atoms with Crippen molar-refractivity contribution < 1.29 is 9.47 Å². The zero-order chi connectivity index (χ0) is 14.0. The summed E-state index contributed by atoms with van der Waals surface area (Å²) < 4.78 is 10.7. The monoisotopic (exact) mass is 261 g/mol. The largest absolute Gasteiger partial charge is 0.493 e. The average Bonchev–Trinajstić information content (AvgIpc) is 2.76. The van der Waals surface area contributed by atoms with Crippen LogP contribution in [-0.2, 0) is 6.54 Å². The number of methoxy groups -OCH3 is 2. The molecule has 19 heavy (non-hydrogen) atoms. The summed E-state index contributed by atoms with van der Waals surface area (Å²) in [5, 5.41) is 7.20. The Balaban J connectivity index is 2.66. The smallest absolute Gasteiger partial charge is 0.165 e. The lowest BCUT2D eigenvalue weighted by molar-refractivity contribution is 0.352. The van der Waals surface area contributed by atoms with E-state index < -0.39 is 0 Å². The number of aromatic nitrogens is 2. The summed E-state index contributed by atoms with van der Waals surface area (Å²) in [6.45, 7) is 4.36. The molecule has 2 rings (SSSR count). The Kier molecular flexibility index (Phi) is 3.76. The standard InChI is InChI=1S/C14H19N3O2/c1-8-13(9(2)17-16-8)10-5-11(7-15)14(19-4)12(6-10)18-3/h5-6H,7,15H2,1-4H3,(H,16,17). The van der Waals surface area contributed by atoms with Gasteiger partial charge in [-0.05, 0) is 31.5 Å². The molecule has 1 heterocycles. The van der Waals surface area contributed by atoms with Crippen molar-refractivity contribution in [1.82, 2.24) is 10.2 Å². The molecular weight excluding hydrogens is 242 g/mol. The fourth-order valence-corrected chi connectivity index (χ4v) is 2.32. The number of nitrogens with zero attached hydrogens (tertiary/aromatic N) is 1. The van der Waals surface area contributed by atoms with Gasteiger partial charge in [0.25, 0.3) is 0 Å². The molecule has 0 fully saturated rings. The number of hydrogen-bond donors (Lipinski definition) is 2. The molecule has 1 aromatic carbocycles. The average molecular weight is 261 g/mol. The van der Waals surface area contributed by atoms with Crippen LogP contribution in [0, 0.1) is 13.8 Å². The molecule has 5 nitrogen and oxygen atoms in total. The fourth-order valence-electron chi connectivity index (χ4n) is 2.32. The topological polar surface area (TPSA) is 73.2 Å². The van der Waals surface area contributed by atoms with Crippen LogP contribution in [0.3, 0.4) is 0 Å². The summed E-state index contributed by atoms with van der Waals surface area (Å²) in [5.74, 6) is 1.37. The Morgan fingerprint density at radius 3 is 2.42 bits per heavy atom. The van der Waals surface area contributed by atoms with Crippen molar-refractivity contribution in [3.8, 4) is 22.6 Å². The second-order valence-corrected chi connectivity index (χ2v) is 4.38. The van der Waals surface area contributed by atoms with Crippen molar-refractivity contribution in [2.75, 3.05) is 14.2 Å². The first-order valence-electron chi connectivity index (χ1n) is 6.09. The number of rotatable bonds is 4. The van der Waals surface area contributed by atoms with Gasteiger partial charge in [0.2, 0.25) is 0 Å². The van der Waals surface area contributed by atoms with Crippen molar-refractivity contribution in [3.05, 3.63) is 29.1 Å². The molecular formula is C14H19N3O2. The van der Waals surface area contributed by atoms with Crippen molar-refractivity contribution in [3.63, 3.8) is 0 Å². The van der Waals surface area contributed by atoms with Gasteiger partial charge in [-0.2, -0.15) is 5.10 Å². The van der Waals surface area contributed by atoms with E-state index in [9.17, 15) is 0 Å². The lowest BCUT2D eigenvalue weighted by atomic mass is 10.00. The number of aryl methyl sites for hydroxylation is 2. The Hall–Kier alpha value is -2.01. The van der Waals surface area contributed by atoms with E-state index in [1.807, 2.05) is 26.0 Å². The zero-order valence-corrected chi connectivity index (χ0v) is 11.7. The highest BCUT2D eigenvalue weighted by Crippen LogP contribution is 2.37. The van der Waals surface area contributed by atoms with Crippen LogP contribution in [-0.4, -0.2) is 24.4 Å². The van der Waals surface area contributed by atoms with Gasteiger partial charge >= 0.3 is 0 Å². The van der Waals surface area contributed by atoms with Crippen LogP contribution in [0.5, 0.6) is 11.5 Å². The molecule has 0 aliphatic carbocycles. The molecule has 102 valence electrons. The van der Waals surface area contributed by atoms with Gasteiger partial charge in [-0.25, -0.2) is 0 Å². The van der Waals surface area contributed by atoms with Crippen molar-refractivity contribution in [1.29, 1.82) is 0 Å². The number of H-pyrrole nitrogens is 1. The fraction of sp³-hybridized carbons (Fsp3) is 0.357. The van der Waals surface area contributed by atoms with Crippen LogP contribution < -0.4 is 15.2 Å². The van der Waals surface area contributed by atoms with Gasteiger partial charge in [0.15, 0.2) is 11.5 Å². The summed E-state index contributed by atoms with van der Waals surface area (Å²) in [5.41, 5.74) is 10.8. The maximum Gasteiger partial charge on any atom is 0.165 e. The third-order valence-corrected chi connectivity index (χ3v) is 3.19. The minimum atomic E-state index is 0.392. The third-order valence-electron chi connectivity index (χ3n) is 3.19. The first kappa shape index (κ1) is 13.4. The van der Waals surface area contributed by atoms with E-state index in [4.69, 9.17) is 15.2 Å². The number of hydrogen-bond acceptors (Lipinski definition) is 4. The normalized spacial score (nSPS) is 10.6. The maximum absolute atomic E-state index is 5.79. The molecule has 0 saturated carbocycles. The molecule has 0 amide bonds. The number of aromatic amines is 1. The van der Waals surface area contributed by atoms with E-state index in [1.54, 1.807) is 14.2 Å². The highest BCUT2D eigenvalue weighted by molar-refractivity contribution is 5.72. The van der Waals surface area contributed by atoms with E-state index in [-0.39, 0.29) is 0 Å². The Labute approximate surface area is 112 Å². The quantitative estimate of drug-likeness (QED) is 0.884. The minimum Gasteiger partial charge on any atom is -0.493 e. The van der Waals surface area contributed by atoms with Crippen LogP contribution in [0.1, 0.15) is 17.0 Å². The molecule has 0 atom stereocenters. The van der Waals surface area contributed by atoms with Gasteiger partial charge in [-0.3, -0.25) is 5.10 Å². The second-order valence-electron chi connectivity index (χ2n) is 4.38. The lowest BCUT2D eigenvalue weighted by Crippen LogP contribution is -2.02. The minimum absolute atomic E-state index is 0.392. The van der Waals surface area contributed by atoms with E-state index >= 15 is 0 Å². The number of ether oxygens (including phenoxy) is 2. The molecule has 2 aromatic rings. The maximum atomic E-state index is 5.79. The molecule has 0 aliphatic heterocycles. The van der Waals surface area contributed by atoms with Gasteiger partial charge in [0.05, 0.1) is 19.9 Å². The SMILES string of the molecule is COc1cc(-c2c(C)n[nH]c2C)cc(CN)c1OC. The highest BCUT2D eigenvalue weighted by Gasteiger charge is 2.16. The molecule has 5 heteroatoms. The Bertz CT molecular complexity index is 546. The predicted molar refractivity (Wildman–Crippen MR) is 74.5 cm³/mol. The van der Waals surface area contributed by atoms with Crippen LogP contribution in [0.25, 0.3) is 11.1 Å². The highest BCUT2D eigenvalue weighted by atomic mass is 16.5. The molecule has 0 radical (unpaired) electrons. The summed E-state index contributed by atoms with van der Waals surface area (Å²) in [6, 6.07) is 3.97. The molecule has 0 unspecified atom stereocenters. The number of nitrogens with one attached hydrogen (secondary N) is 1. The summed E-state index contributed by atoms with van der Waals surface area (Å²) in [7, 11) is 3.24. The van der Waals surface area contributed by atoms with Crippen LogP contribution >= 0.6 is 0 Å². The van der Waals surface area contributed by atoms with Crippen molar-refractivity contribution >= 4 is 0 Å². The van der Waals surface area contributed by atoms with Crippen LogP contribution in [0.15, 0.2) is 12.1 Å². The zero-order valence-electron chi connectivity index (χ0n) is 11.7. The second kappa shape index (κ2) is 5.32. The predicted octanol–water partition coefficient (Wildman–Crippen LogP) is 2.17. The van der Waals surface area contributed by atoms with Gasteiger partial charge in [0, 0.05) is 23.4 Å². The van der Waals surface area contributed by atoms with E-state index in [0.29, 0.717) is 18.0 Å².